The van der Waals surface area contributed by atoms with E-state index in [9.17, 15) is 19.2 Å². The van der Waals surface area contributed by atoms with Gasteiger partial charge in [0.15, 0.2) is 0 Å². The van der Waals surface area contributed by atoms with Gasteiger partial charge in [0.25, 0.3) is 17.1 Å². The van der Waals surface area contributed by atoms with Gasteiger partial charge in [-0.1, -0.05) is 23.9 Å². The highest BCUT2D eigenvalue weighted by Crippen LogP contribution is 2.23. The van der Waals surface area contributed by atoms with Crippen molar-refractivity contribution in [3.63, 3.8) is 0 Å². The number of hydrogen-bond acceptors (Lipinski definition) is 5. The Hall–Kier alpha value is -2.15. The van der Waals surface area contributed by atoms with Crippen LogP contribution in [0.1, 0.15) is 27.1 Å². The third-order valence-corrected chi connectivity index (χ3v) is 4.34. The molecule has 0 radical (unpaired) electrons. The summed E-state index contributed by atoms with van der Waals surface area (Å²) < 4.78 is 0. The number of carbonyl (C=O) groups excluding carboxylic acids is 4. The molecule has 0 atom stereocenters. The van der Waals surface area contributed by atoms with Crippen LogP contribution in [0.4, 0.5) is 4.79 Å². The minimum Gasteiger partial charge on any atom is -0.274 e. The quantitative estimate of drug-likeness (QED) is 0.785. The lowest BCUT2D eigenvalue weighted by Crippen LogP contribution is -2.35. The van der Waals surface area contributed by atoms with Crippen molar-refractivity contribution in [1.29, 1.82) is 0 Å². The Kier molecular flexibility index (Phi) is 3.50. The van der Waals surface area contributed by atoms with Gasteiger partial charge in [0.2, 0.25) is 5.91 Å². The first kappa shape index (κ1) is 13.8. The van der Waals surface area contributed by atoms with Crippen molar-refractivity contribution in [1.82, 2.24) is 9.80 Å². The fraction of sp³-hybridized carbons (Fsp3) is 0.286. The van der Waals surface area contributed by atoms with Crippen molar-refractivity contribution < 1.29 is 19.2 Å². The van der Waals surface area contributed by atoms with E-state index in [1.165, 1.54) is 9.80 Å². The van der Waals surface area contributed by atoms with Crippen LogP contribution in [0.5, 0.6) is 0 Å². The Bertz CT molecular complexity index is 607. The first-order valence-electron chi connectivity index (χ1n) is 6.52. The van der Waals surface area contributed by atoms with Crippen LogP contribution in [-0.2, 0) is 4.79 Å². The van der Waals surface area contributed by atoms with Crippen LogP contribution in [0.15, 0.2) is 24.3 Å². The maximum Gasteiger partial charge on any atom is 0.288 e. The molecule has 0 saturated carbocycles. The minimum atomic E-state index is -0.316. The number of nitrogens with zero attached hydrogens (tertiary/aromatic N) is 2. The zero-order valence-corrected chi connectivity index (χ0v) is 11.9. The first-order chi connectivity index (χ1) is 10.1. The zero-order valence-electron chi connectivity index (χ0n) is 11.1. The molecule has 6 nitrogen and oxygen atoms in total. The molecule has 0 unspecified atom stereocenters. The Morgan fingerprint density at radius 1 is 0.905 bits per heavy atom. The van der Waals surface area contributed by atoms with Crippen molar-refractivity contribution in [3.8, 4) is 0 Å². The topological polar surface area (TPSA) is 74.8 Å². The zero-order chi connectivity index (χ0) is 15.0. The SMILES string of the molecule is O=C1CSC(=O)N1CCCN1C(=O)c2ccccc2C1=O. The van der Waals surface area contributed by atoms with Crippen molar-refractivity contribution in [2.24, 2.45) is 0 Å². The van der Waals surface area contributed by atoms with E-state index in [4.69, 9.17) is 0 Å². The van der Waals surface area contributed by atoms with Gasteiger partial charge in [-0.15, -0.1) is 0 Å². The Labute approximate surface area is 125 Å². The van der Waals surface area contributed by atoms with E-state index in [1.54, 1.807) is 24.3 Å². The highest BCUT2D eigenvalue weighted by Gasteiger charge is 2.35. The summed E-state index contributed by atoms with van der Waals surface area (Å²) in [5.74, 6) is -0.674. The molecule has 2 aliphatic heterocycles. The van der Waals surface area contributed by atoms with E-state index in [-0.39, 0.29) is 41.8 Å². The Balaban J connectivity index is 1.62. The fourth-order valence-corrected chi connectivity index (χ4v) is 3.18. The highest BCUT2D eigenvalue weighted by molar-refractivity contribution is 8.14. The first-order valence-corrected chi connectivity index (χ1v) is 7.50. The second kappa shape index (κ2) is 5.33. The standard InChI is InChI=1S/C14H12N2O4S/c17-11-8-21-14(20)15(11)6-3-7-16-12(18)9-4-1-2-5-10(9)13(16)19/h1-2,4-5H,3,6-8H2. The van der Waals surface area contributed by atoms with Crippen LogP contribution in [0, 0.1) is 0 Å². The summed E-state index contributed by atoms with van der Waals surface area (Å²) in [6, 6.07) is 6.68. The second-order valence-corrected chi connectivity index (χ2v) is 5.69. The summed E-state index contributed by atoms with van der Waals surface area (Å²) in [7, 11) is 0. The fourth-order valence-electron chi connectivity index (χ4n) is 2.43. The molecule has 4 amide bonds. The molecule has 0 spiro atoms. The summed E-state index contributed by atoms with van der Waals surface area (Å²) in [6.07, 6.45) is 0.392. The van der Waals surface area contributed by atoms with Crippen LogP contribution >= 0.6 is 11.8 Å². The predicted molar refractivity (Wildman–Crippen MR) is 76.0 cm³/mol. The predicted octanol–water partition coefficient (Wildman–Crippen LogP) is 1.37. The smallest absolute Gasteiger partial charge is 0.274 e. The number of hydrogen-bond donors (Lipinski definition) is 0. The number of imide groups is 2. The van der Waals surface area contributed by atoms with Crippen molar-refractivity contribution in [2.45, 2.75) is 6.42 Å². The molecule has 1 aromatic rings. The number of rotatable bonds is 4. The minimum absolute atomic E-state index is 0.172. The lowest BCUT2D eigenvalue weighted by Gasteiger charge is -2.16. The van der Waals surface area contributed by atoms with Crippen LogP contribution in [0.3, 0.4) is 0 Å². The van der Waals surface area contributed by atoms with Gasteiger partial charge < -0.3 is 0 Å². The number of amides is 4. The molecule has 1 aromatic carbocycles. The molecule has 2 aliphatic rings. The van der Waals surface area contributed by atoms with Gasteiger partial charge >= 0.3 is 0 Å². The summed E-state index contributed by atoms with van der Waals surface area (Å²) in [5, 5.41) is -0.262. The number of benzene rings is 1. The van der Waals surface area contributed by atoms with Gasteiger partial charge in [-0.05, 0) is 18.6 Å². The molecule has 3 rings (SSSR count). The van der Waals surface area contributed by atoms with E-state index in [0.717, 1.165) is 11.8 Å². The molecular weight excluding hydrogens is 292 g/mol. The summed E-state index contributed by atoms with van der Waals surface area (Å²) >= 11 is 0.977. The Morgan fingerprint density at radius 3 is 2.00 bits per heavy atom. The lowest BCUT2D eigenvalue weighted by atomic mass is 10.1. The van der Waals surface area contributed by atoms with Gasteiger partial charge in [-0.3, -0.25) is 29.0 Å². The average Bonchev–Trinajstić information content (AvgIpc) is 2.93. The van der Waals surface area contributed by atoms with Crippen molar-refractivity contribution in [2.75, 3.05) is 18.8 Å². The van der Waals surface area contributed by atoms with E-state index < -0.39 is 0 Å². The molecule has 1 saturated heterocycles. The molecule has 0 bridgehead atoms. The van der Waals surface area contributed by atoms with Crippen LogP contribution in [0.2, 0.25) is 0 Å². The number of thioether (sulfide) groups is 1. The van der Waals surface area contributed by atoms with Gasteiger partial charge in [0.05, 0.1) is 16.9 Å². The molecule has 7 heteroatoms. The maximum absolute atomic E-state index is 12.1. The van der Waals surface area contributed by atoms with Crippen LogP contribution in [0.25, 0.3) is 0 Å². The maximum atomic E-state index is 12.1. The van der Waals surface area contributed by atoms with Gasteiger partial charge in [-0.2, -0.15) is 0 Å². The molecular formula is C14H12N2O4S. The lowest BCUT2D eigenvalue weighted by molar-refractivity contribution is -0.124. The highest BCUT2D eigenvalue weighted by atomic mass is 32.2. The van der Waals surface area contributed by atoms with E-state index >= 15 is 0 Å². The molecule has 0 aromatic heterocycles. The molecule has 1 fully saturated rings. The van der Waals surface area contributed by atoms with Crippen LogP contribution < -0.4 is 0 Å². The van der Waals surface area contributed by atoms with Gasteiger partial charge in [0.1, 0.15) is 0 Å². The van der Waals surface area contributed by atoms with Crippen molar-refractivity contribution >= 4 is 34.7 Å². The monoisotopic (exact) mass is 304 g/mol. The molecule has 108 valence electrons. The van der Waals surface area contributed by atoms with Crippen LogP contribution in [-0.4, -0.2) is 51.6 Å². The van der Waals surface area contributed by atoms with E-state index in [1.807, 2.05) is 0 Å². The molecule has 2 heterocycles. The Morgan fingerprint density at radius 2 is 1.48 bits per heavy atom. The normalized spacial score (nSPS) is 17.9. The average molecular weight is 304 g/mol. The largest absolute Gasteiger partial charge is 0.288 e. The van der Waals surface area contributed by atoms with Gasteiger partial charge in [-0.25, -0.2) is 0 Å². The summed E-state index contributed by atoms with van der Waals surface area (Å²) in [4.78, 5) is 49.5. The van der Waals surface area contributed by atoms with Gasteiger partial charge in [0, 0.05) is 13.1 Å². The molecule has 21 heavy (non-hydrogen) atoms. The summed E-state index contributed by atoms with van der Waals surface area (Å²) in [6.45, 7) is 0.437. The molecule has 0 N–H and O–H groups in total. The second-order valence-electron chi connectivity index (χ2n) is 4.76. The third-order valence-electron chi connectivity index (χ3n) is 3.48. The number of fused-ring (bicyclic) bond motifs is 1. The van der Waals surface area contributed by atoms with Crippen molar-refractivity contribution in [3.05, 3.63) is 35.4 Å². The third kappa shape index (κ3) is 2.33. The summed E-state index contributed by atoms with van der Waals surface area (Å²) in [5.41, 5.74) is 0.817. The van der Waals surface area contributed by atoms with E-state index in [0.29, 0.717) is 17.5 Å². The molecule has 0 aliphatic carbocycles. The number of carbonyl (C=O) groups is 4. The van der Waals surface area contributed by atoms with E-state index in [2.05, 4.69) is 0 Å².